The summed E-state index contributed by atoms with van der Waals surface area (Å²) in [5, 5.41) is 20.3. The maximum atomic E-state index is 11.7. The van der Waals surface area contributed by atoms with Crippen LogP contribution in [0.15, 0.2) is 0 Å². The third-order valence-electron chi connectivity index (χ3n) is 2.47. The number of urea groups is 1. The lowest BCUT2D eigenvalue weighted by Crippen LogP contribution is -2.51. The summed E-state index contributed by atoms with van der Waals surface area (Å²) in [6.07, 6.45) is -0.342. The fraction of sp³-hybridized carbons (Fsp3) is 0.818. The van der Waals surface area contributed by atoms with E-state index in [1.54, 1.807) is 7.05 Å². The summed E-state index contributed by atoms with van der Waals surface area (Å²) in [6, 6.07) is -1.78. The van der Waals surface area contributed by atoms with Gasteiger partial charge < -0.3 is 25.3 Å². The minimum absolute atomic E-state index is 0.498. The van der Waals surface area contributed by atoms with Crippen LogP contribution in [-0.4, -0.2) is 78.4 Å². The Hall–Kier alpha value is -1.34. The van der Waals surface area contributed by atoms with Crippen LogP contribution < -0.4 is 5.32 Å². The van der Waals surface area contributed by atoms with Gasteiger partial charge in [-0.1, -0.05) is 0 Å². The van der Waals surface area contributed by atoms with Gasteiger partial charge in [0.15, 0.2) is 6.04 Å². The molecule has 0 aliphatic carbocycles. The van der Waals surface area contributed by atoms with Gasteiger partial charge in [-0.05, 0) is 34.0 Å². The summed E-state index contributed by atoms with van der Waals surface area (Å²) < 4.78 is 0. The number of aliphatic hydroxyl groups is 1. The largest absolute Gasteiger partial charge is 0.480 e. The lowest BCUT2D eigenvalue weighted by molar-refractivity contribution is -0.141. The van der Waals surface area contributed by atoms with Crippen molar-refractivity contribution in [3.8, 4) is 0 Å². The molecule has 106 valence electrons. The number of nitrogens with one attached hydrogen (secondary N) is 1. The molecule has 0 unspecified atom stereocenters. The van der Waals surface area contributed by atoms with Crippen molar-refractivity contribution >= 4 is 12.0 Å². The van der Waals surface area contributed by atoms with Crippen molar-refractivity contribution in [1.82, 2.24) is 15.1 Å². The van der Waals surface area contributed by atoms with E-state index in [1.807, 2.05) is 19.0 Å². The normalized spacial score (nSPS) is 14.1. The summed E-state index contributed by atoms with van der Waals surface area (Å²) in [6.45, 7) is 2.69. The molecule has 3 N–H and O–H groups in total. The van der Waals surface area contributed by atoms with Crippen molar-refractivity contribution in [2.45, 2.75) is 25.5 Å². The van der Waals surface area contributed by atoms with E-state index in [-0.39, 0.29) is 0 Å². The minimum atomic E-state index is -1.28. The molecular formula is C11H23N3O4. The SMILES string of the molecule is C[C@@H](O)[C@H](NC(=O)N(C)CCCN(C)C)C(=O)O. The first-order valence-electron chi connectivity index (χ1n) is 5.83. The molecule has 7 nitrogen and oxygen atoms in total. The van der Waals surface area contributed by atoms with Crippen LogP contribution in [-0.2, 0) is 4.79 Å². The first-order chi connectivity index (χ1) is 8.25. The van der Waals surface area contributed by atoms with Crippen molar-refractivity contribution in [3.05, 3.63) is 0 Å². The molecule has 0 aromatic heterocycles. The van der Waals surface area contributed by atoms with Crippen LogP contribution in [0, 0.1) is 0 Å². The standard InChI is InChI=1S/C11H23N3O4/c1-8(15)9(10(16)17)12-11(18)14(4)7-5-6-13(2)3/h8-9,15H,5-7H2,1-4H3,(H,12,18)(H,16,17)/t8-,9+/m1/s1. The van der Waals surface area contributed by atoms with Crippen molar-refractivity contribution in [1.29, 1.82) is 0 Å². The van der Waals surface area contributed by atoms with Gasteiger partial charge in [0.1, 0.15) is 0 Å². The molecule has 0 bridgehead atoms. The van der Waals surface area contributed by atoms with Gasteiger partial charge in [-0.15, -0.1) is 0 Å². The predicted molar refractivity (Wildman–Crippen MR) is 67.4 cm³/mol. The van der Waals surface area contributed by atoms with Crippen LogP contribution >= 0.6 is 0 Å². The minimum Gasteiger partial charge on any atom is -0.480 e. The van der Waals surface area contributed by atoms with E-state index in [2.05, 4.69) is 5.32 Å². The van der Waals surface area contributed by atoms with Crippen LogP contribution in [0.1, 0.15) is 13.3 Å². The average molecular weight is 261 g/mol. The van der Waals surface area contributed by atoms with Gasteiger partial charge in [-0.2, -0.15) is 0 Å². The summed E-state index contributed by atoms with van der Waals surface area (Å²) in [5.74, 6) is -1.25. The Balaban J connectivity index is 4.17. The molecule has 0 saturated carbocycles. The second-order valence-corrected chi connectivity index (χ2v) is 4.58. The highest BCUT2D eigenvalue weighted by Gasteiger charge is 2.26. The van der Waals surface area contributed by atoms with Crippen molar-refractivity contribution in [3.63, 3.8) is 0 Å². The fourth-order valence-corrected chi connectivity index (χ4v) is 1.36. The van der Waals surface area contributed by atoms with Crippen molar-refractivity contribution < 1.29 is 19.8 Å². The summed E-state index contributed by atoms with van der Waals surface area (Å²) >= 11 is 0. The maximum Gasteiger partial charge on any atom is 0.328 e. The first-order valence-corrected chi connectivity index (χ1v) is 5.83. The second kappa shape index (κ2) is 7.88. The zero-order chi connectivity index (χ0) is 14.3. The Bertz CT molecular complexity index is 281. The number of rotatable bonds is 7. The molecular weight excluding hydrogens is 238 g/mol. The Morgan fingerprint density at radius 1 is 1.22 bits per heavy atom. The van der Waals surface area contributed by atoms with Gasteiger partial charge in [0.25, 0.3) is 0 Å². The summed E-state index contributed by atoms with van der Waals surface area (Å²) in [5.41, 5.74) is 0. The fourth-order valence-electron chi connectivity index (χ4n) is 1.36. The van der Waals surface area contributed by atoms with Crippen molar-refractivity contribution in [2.75, 3.05) is 34.2 Å². The lowest BCUT2D eigenvalue weighted by Gasteiger charge is -2.23. The van der Waals surface area contributed by atoms with E-state index < -0.39 is 24.1 Å². The van der Waals surface area contributed by atoms with Gasteiger partial charge in [-0.3, -0.25) is 0 Å². The Kier molecular flexibility index (Phi) is 7.30. The molecule has 0 radical (unpaired) electrons. The third-order valence-corrected chi connectivity index (χ3v) is 2.47. The van der Waals surface area contributed by atoms with E-state index in [0.29, 0.717) is 6.54 Å². The maximum absolute atomic E-state index is 11.7. The molecule has 7 heteroatoms. The number of carbonyl (C=O) groups is 2. The Labute approximate surface area is 107 Å². The van der Waals surface area contributed by atoms with Gasteiger partial charge in [0, 0.05) is 13.6 Å². The molecule has 2 atom stereocenters. The van der Waals surface area contributed by atoms with Crippen LogP contribution in [0.4, 0.5) is 4.79 Å². The smallest absolute Gasteiger partial charge is 0.328 e. The predicted octanol–water partition coefficient (Wildman–Crippen LogP) is -0.586. The van der Waals surface area contributed by atoms with Crippen LogP contribution in [0.5, 0.6) is 0 Å². The van der Waals surface area contributed by atoms with Gasteiger partial charge >= 0.3 is 12.0 Å². The Morgan fingerprint density at radius 2 is 1.78 bits per heavy atom. The second-order valence-electron chi connectivity index (χ2n) is 4.58. The number of hydrogen-bond donors (Lipinski definition) is 3. The van der Waals surface area contributed by atoms with Gasteiger partial charge in [-0.25, -0.2) is 9.59 Å². The van der Waals surface area contributed by atoms with E-state index in [1.165, 1.54) is 11.8 Å². The highest BCUT2D eigenvalue weighted by molar-refractivity contribution is 5.82. The van der Waals surface area contributed by atoms with Crippen LogP contribution in [0.3, 0.4) is 0 Å². The quantitative estimate of drug-likeness (QED) is 0.570. The van der Waals surface area contributed by atoms with Gasteiger partial charge in [0.05, 0.1) is 6.10 Å². The number of carboxylic acid groups (broad SMARTS) is 1. The monoisotopic (exact) mass is 261 g/mol. The molecule has 0 spiro atoms. The van der Waals surface area contributed by atoms with E-state index in [0.717, 1.165) is 13.0 Å². The number of amides is 2. The molecule has 2 amide bonds. The molecule has 0 aromatic rings. The molecule has 0 fully saturated rings. The number of nitrogens with zero attached hydrogens (tertiary/aromatic N) is 2. The average Bonchev–Trinajstić information content (AvgIpc) is 2.23. The Morgan fingerprint density at radius 3 is 2.17 bits per heavy atom. The zero-order valence-electron chi connectivity index (χ0n) is 11.4. The van der Waals surface area contributed by atoms with Crippen molar-refractivity contribution in [2.24, 2.45) is 0 Å². The molecule has 0 heterocycles. The molecule has 18 heavy (non-hydrogen) atoms. The highest BCUT2D eigenvalue weighted by atomic mass is 16.4. The molecule has 0 saturated heterocycles. The molecule has 0 rings (SSSR count). The number of carbonyl (C=O) groups excluding carboxylic acids is 1. The van der Waals surface area contributed by atoms with Crippen LogP contribution in [0.25, 0.3) is 0 Å². The number of hydrogen-bond acceptors (Lipinski definition) is 4. The first kappa shape index (κ1) is 16.7. The molecule has 0 aliphatic heterocycles. The van der Waals surface area contributed by atoms with Crippen LogP contribution in [0.2, 0.25) is 0 Å². The summed E-state index contributed by atoms with van der Waals surface area (Å²) in [7, 11) is 5.47. The van der Waals surface area contributed by atoms with E-state index >= 15 is 0 Å². The van der Waals surface area contributed by atoms with E-state index in [9.17, 15) is 14.7 Å². The molecule has 0 aromatic carbocycles. The zero-order valence-corrected chi connectivity index (χ0v) is 11.4. The highest BCUT2D eigenvalue weighted by Crippen LogP contribution is 1.96. The number of aliphatic carboxylic acids is 1. The third kappa shape index (κ3) is 6.41. The number of carboxylic acids is 1. The molecule has 0 aliphatic rings. The topological polar surface area (TPSA) is 93.1 Å². The van der Waals surface area contributed by atoms with Gasteiger partial charge in [0.2, 0.25) is 0 Å². The lowest BCUT2D eigenvalue weighted by atomic mass is 10.2. The number of aliphatic hydroxyl groups excluding tert-OH is 1. The summed E-state index contributed by atoms with van der Waals surface area (Å²) in [4.78, 5) is 25.9. The van der Waals surface area contributed by atoms with E-state index in [4.69, 9.17) is 5.11 Å².